The predicted molar refractivity (Wildman–Crippen MR) is 90.1 cm³/mol. The molecule has 0 saturated carbocycles. The van der Waals surface area contributed by atoms with E-state index in [9.17, 15) is 4.79 Å². The minimum atomic E-state index is -0.193. The molecule has 1 heterocycles. The molecule has 0 saturated heterocycles. The highest BCUT2D eigenvalue weighted by molar-refractivity contribution is 9.10. The number of nitrogens with zero attached hydrogens (tertiary/aromatic N) is 1. The van der Waals surface area contributed by atoms with Crippen LogP contribution in [0.25, 0.3) is 0 Å². The topological polar surface area (TPSA) is 42.0 Å². The first-order valence-electron chi connectivity index (χ1n) is 6.73. The highest BCUT2D eigenvalue weighted by Crippen LogP contribution is 2.24. The maximum atomic E-state index is 12.3. The number of pyridine rings is 1. The summed E-state index contributed by atoms with van der Waals surface area (Å²) in [4.78, 5) is 16.6. The van der Waals surface area contributed by atoms with Gasteiger partial charge in [-0.25, -0.2) is 4.98 Å². The largest absolute Gasteiger partial charge is 0.321 e. The van der Waals surface area contributed by atoms with Crippen molar-refractivity contribution in [3.8, 4) is 0 Å². The van der Waals surface area contributed by atoms with E-state index in [1.54, 1.807) is 12.1 Å². The Hall–Kier alpha value is -1.39. The third-order valence-electron chi connectivity index (χ3n) is 2.99. The predicted octanol–water partition coefficient (Wildman–Crippen LogP) is 5.01. The van der Waals surface area contributed by atoms with E-state index in [0.717, 1.165) is 34.3 Å². The van der Waals surface area contributed by atoms with Crippen LogP contribution in [0.15, 0.2) is 34.8 Å². The molecule has 0 aliphatic heterocycles. The molecule has 0 spiro atoms. The van der Waals surface area contributed by atoms with Gasteiger partial charge < -0.3 is 5.32 Å². The van der Waals surface area contributed by atoms with Crippen LogP contribution in [0.2, 0.25) is 5.15 Å². The summed E-state index contributed by atoms with van der Waals surface area (Å²) < 4.78 is 0.852. The molecule has 1 N–H and O–H groups in total. The van der Waals surface area contributed by atoms with Gasteiger partial charge in [0.05, 0.1) is 5.69 Å². The van der Waals surface area contributed by atoms with Crippen LogP contribution in [0.4, 0.5) is 5.69 Å². The summed E-state index contributed by atoms with van der Waals surface area (Å²) in [7, 11) is 0. The summed E-state index contributed by atoms with van der Waals surface area (Å²) >= 11 is 9.43. The third-order valence-corrected chi connectivity index (χ3v) is 3.84. The third kappa shape index (κ3) is 4.29. The van der Waals surface area contributed by atoms with Crippen molar-refractivity contribution < 1.29 is 4.79 Å². The van der Waals surface area contributed by atoms with Gasteiger partial charge in [0.1, 0.15) is 5.15 Å². The second-order valence-corrected chi connectivity index (χ2v) is 6.10. The van der Waals surface area contributed by atoms with E-state index in [1.165, 1.54) is 0 Å². The number of benzene rings is 1. The Morgan fingerprint density at radius 3 is 2.76 bits per heavy atom. The van der Waals surface area contributed by atoms with Gasteiger partial charge in [-0.3, -0.25) is 4.79 Å². The molecule has 0 radical (unpaired) electrons. The van der Waals surface area contributed by atoms with Crippen LogP contribution in [0.1, 0.15) is 35.0 Å². The highest BCUT2D eigenvalue weighted by Gasteiger charge is 2.11. The zero-order chi connectivity index (χ0) is 15.4. The Bertz CT molecular complexity index is 673. The lowest BCUT2D eigenvalue weighted by molar-refractivity contribution is 0.102. The minimum absolute atomic E-state index is 0.193. The summed E-state index contributed by atoms with van der Waals surface area (Å²) in [6, 6.07) is 9.14. The van der Waals surface area contributed by atoms with E-state index in [1.807, 2.05) is 25.1 Å². The highest BCUT2D eigenvalue weighted by atomic mass is 79.9. The number of amides is 1. The molecule has 1 amide bonds. The van der Waals surface area contributed by atoms with E-state index in [4.69, 9.17) is 11.6 Å². The maximum Gasteiger partial charge on any atom is 0.255 e. The average Bonchev–Trinajstić information content (AvgIpc) is 2.41. The Morgan fingerprint density at radius 2 is 2.10 bits per heavy atom. The minimum Gasteiger partial charge on any atom is -0.321 e. The van der Waals surface area contributed by atoms with Gasteiger partial charge in [-0.1, -0.05) is 31.0 Å². The van der Waals surface area contributed by atoms with Gasteiger partial charge in [0.25, 0.3) is 5.91 Å². The standard InChI is InChI=1S/C16H16BrClN2O/c1-3-4-12-8-11(9-15(18)19-12)16(21)20-14-6-5-10(2)7-13(14)17/h5-9H,3-4H2,1-2H3,(H,20,21). The van der Waals surface area contributed by atoms with Crippen LogP contribution in [0.3, 0.4) is 0 Å². The Labute approximate surface area is 137 Å². The molecule has 5 heteroatoms. The molecule has 1 aromatic carbocycles. The molecule has 0 unspecified atom stereocenters. The fraction of sp³-hybridized carbons (Fsp3) is 0.250. The van der Waals surface area contributed by atoms with Gasteiger partial charge in [-0.05, 0) is 59.1 Å². The zero-order valence-corrected chi connectivity index (χ0v) is 14.3. The molecule has 0 aliphatic carbocycles. The van der Waals surface area contributed by atoms with E-state index < -0.39 is 0 Å². The SMILES string of the molecule is CCCc1cc(C(=O)Nc2ccc(C)cc2Br)cc(Cl)n1. The second kappa shape index (κ2) is 7.05. The maximum absolute atomic E-state index is 12.3. The first kappa shape index (κ1) is 16.0. The molecular weight excluding hydrogens is 352 g/mol. The van der Waals surface area contributed by atoms with E-state index in [0.29, 0.717) is 10.7 Å². The van der Waals surface area contributed by atoms with Crippen molar-refractivity contribution in [3.63, 3.8) is 0 Å². The molecule has 0 aliphatic rings. The molecule has 0 atom stereocenters. The first-order chi connectivity index (χ1) is 9.99. The van der Waals surface area contributed by atoms with Crippen molar-refractivity contribution in [2.24, 2.45) is 0 Å². The van der Waals surface area contributed by atoms with Gasteiger partial charge >= 0.3 is 0 Å². The summed E-state index contributed by atoms with van der Waals surface area (Å²) in [6.07, 6.45) is 1.76. The lowest BCUT2D eigenvalue weighted by Crippen LogP contribution is -2.13. The smallest absolute Gasteiger partial charge is 0.255 e. The number of anilines is 1. The van der Waals surface area contributed by atoms with Crippen LogP contribution in [-0.2, 0) is 6.42 Å². The van der Waals surface area contributed by atoms with Crippen molar-refractivity contribution in [1.29, 1.82) is 0 Å². The molecule has 1 aromatic heterocycles. The Balaban J connectivity index is 2.23. The number of rotatable bonds is 4. The Morgan fingerprint density at radius 1 is 1.33 bits per heavy atom. The van der Waals surface area contributed by atoms with Crippen molar-refractivity contribution >= 4 is 39.1 Å². The molecule has 2 rings (SSSR count). The zero-order valence-electron chi connectivity index (χ0n) is 11.9. The van der Waals surface area contributed by atoms with Crippen LogP contribution < -0.4 is 5.32 Å². The summed E-state index contributed by atoms with van der Waals surface area (Å²) in [5.41, 5.74) is 3.21. The van der Waals surface area contributed by atoms with Crippen molar-refractivity contribution in [1.82, 2.24) is 4.98 Å². The van der Waals surface area contributed by atoms with Gasteiger partial charge in [0.15, 0.2) is 0 Å². The van der Waals surface area contributed by atoms with Crippen LogP contribution in [0, 0.1) is 6.92 Å². The lowest BCUT2D eigenvalue weighted by Gasteiger charge is -2.09. The van der Waals surface area contributed by atoms with Crippen LogP contribution in [-0.4, -0.2) is 10.9 Å². The van der Waals surface area contributed by atoms with Crippen molar-refractivity contribution in [2.45, 2.75) is 26.7 Å². The van der Waals surface area contributed by atoms with Gasteiger partial charge in [-0.15, -0.1) is 0 Å². The molecule has 110 valence electrons. The summed E-state index contributed by atoms with van der Waals surface area (Å²) in [5.74, 6) is -0.193. The fourth-order valence-corrected chi connectivity index (χ4v) is 2.80. The average molecular weight is 368 g/mol. The van der Waals surface area contributed by atoms with Crippen molar-refractivity contribution in [3.05, 3.63) is 56.8 Å². The number of nitrogens with one attached hydrogen (secondary N) is 1. The normalized spacial score (nSPS) is 10.5. The first-order valence-corrected chi connectivity index (χ1v) is 7.90. The van der Waals surface area contributed by atoms with E-state index in [2.05, 4.69) is 33.2 Å². The van der Waals surface area contributed by atoms with Gasteiger partial charge in [-0.2, -0.15) is 0 Å². The number of aromatic nitrogens is 1. The number of carbonyl (C=O) groups is 1. The molecule has 0 bridgehead atoms. The van der Waals surface area contributed by atoms with Crippen molar-refractivity contribution in [2.75, 3.05) is 5.32 Å². The van der Waals surface area contributed by atoms with E-state index >= 15 is 0 Å². The number of hydrogen-bond acceptors (Lipinski definition) is 2. The molecule has 0 fully saturated rings. The number of hydrogen-bond donors (Lipinski definition) is 1. The summed E-state index contributed by atoms with van der Waals surface area (Å²) in [6.45, 7) is 4.06. The second-order valence-electron chi connectivity index (χ2n) is 4.86. The lowest BCUT2D eigenvalue weighted by atomic mass is 10.1. The number of aryl methyl sites for hydroxylation is 2. The van der Waals surface area contributed by atoms with Crippen LogP contribution >= 0.6 is 27.5 Å². The number of halogens is 2. The van der Waals surface area contributed by atoms with Crippen LogP contribution in [0.5, 0.6) is 0 Å². The number of carbonyl (C=O) groups excluding carboxylic acids is 1. The molecular formula is C16H16BrClN2O. The quantitative estimate of drug-likeness (QED) is 0.772. The molecule has 3 nitrogen and oxygen atoms in total. The molecule has 21 heavy (non-hydrogen) atoms. The fourth-order valence-electron chi connectivity index (χ4n) is 1.98. The van der Waals surface area contributed by atoms with E-state index in [-0.39, 0.29) is 5.91 Å². The molecule has 2 aromatic rings. The summed E-state index contributed by atoms with van der Waals surface area (Å²) in [5, 5.41) is 3.22. The van der Waals surface area contributed by atoms with Gasteiger partial charge in [0.2, 0.25) is 0 Å². The monoisotopic (exact) mass is 366 g/mol. The van der Waals surface area contributed by atoms with Gasteiger partial charge in [0, 0.05) is 15.7 Å². The Kier molecular flexibility index (Phi) is 5.37.